The van der Waals surface area contributed by atoms with Gasteiger partial charge >= 0.3 is 0 Å². The fourth-order valence-electron chi connectivity index (χ4n) is 2.66. The number of hydrogen-bond donors (Lipinski definition) is 3. The van der Waals surface area contributed by atoms with Crippen molar-refractivity contribution in [2.45, 2.75) is 44.3 Å². The molecule has 0 spiro atoms. The van der Waals surface area contributed by atoms with E-state index in [9.17, 15) is 10.2 Å². The molecule has 20 heavy (non-hydrogen) atoms. The van der Waals surface area contributed by atoms with Gasteiger partial charge in [-0.2, -0.15) is 0 Å². The van der Waals surface area contributed by atoms with Gasteiger partial charge in [0.2, 0.25) is 0 Å². The SMILES string of the molecule is NCCC(O)c1cccc(OCC2CCC(O)CC2)c1. The first-order valence-electron chi connectivity index (χ1n) is 7.48. The fourth-order valence-corrected chi connectivity index (χ4v) is 2.66. The van der Waals surface area contributed by atoms with Gasteiger partial charge in [-0.3, -0.25) is 0 Å². The Hall–Kier alpha value is -1.10. The summed E-state index contributed by atoms with van der Waals surface area (Å²) in [6, 6.07) is 7.59. The van der Waals surface area contributed by atoms with E-state index in [0.717, 1.165) is 37.0 Å². The summed E-state index contributed by atoms with van der Waals surface area (Å²) in [5.41, 5.74) is 6.31. The molecule has 0 amide bonds. The number of benzene rings is 1. The van der Waals surface area contributed by atoms with E-state index in [4.69, 9.17) is 10.5 Å². The Morgan fingerprint density at radius 2 is 2.00 bits per heavy atom. The van der Waals surface area contributed by atoms with Crippen LogP contribution in [0.1, 0.15) is 43.8 Å². The molecule has 0 radical (unpaired) electrons. The van der Waals surface area contributed by atoms with Gasteiger partial charge in [0, 0.05) is 0 Å². The molecule has 1 unspecified atom stereocenters. The molecule has 0 aliphatic heterocycles. The minimum atomic E-state index is -0.520. The van der Waals surface area contributed by atoms with Crippen molar-refractivity contribution in [3.8, 4) is 5.75 Å². The van der Waals surface area contributed by atoms with E-state index < -0.39 is 6.10 Å². The van der Waals surface area contributed by atoms with E-state index in [1.54, 1.807) is 0 Å². The van der Waals surface area contributed by atoms with Gasteiger partial charge in [-0.15, -0.1) is 0 Å². The van der Waals surface area contributed by atoms with Crippen LogP contribution in [0.5, 0.6) is 5.75 Å². The van der Waals surface area contributed by atoms with Crippen molar-refractivity contribution in [3.63, 3.8) is 0 Å². The highest BCUT2D eigenvalue weighted by molar-refractivity contribution is 5.29. The van der Waals surface area contributed by atoms with Crippen molar-refractivity contribution in [2.75, 3.05) is 13.2 Å². The van der Waals surface area contributed by atoms with Gasteiger partial charge in [-0.1, -0.05) is 12.1 Å². The zero-order chi connectivity index (χ0) is 14.4. The predicted molar refractivity (Wildman–Crippen MR) is 78.5 cm³/mol. The number of aliphatic hydroxyl groups excluding tert-OH is 2. The predicted octanol–water partition coefficient (Wildman–Crippen LogP) is 2.00. The van der Waals surface area contributed by atoms with E-state index in [1.807, 2.05) is 24.3 Å². The number of ether oxygens (including phenoxy) is 1. The lowest BCUT2D eigenvalue weighted by atomic mass is 9.88. The second-order valence-electron chi connectivity index (χ2n) is 5.65. The van der Waals surface area contributed by atoms with E-state index in [-0.39, 0.29) is 6.10 Å². The zero-order valence-corrected chi connectivity index (χ0v) is 11.9. The summed E-state index contributed by atoms with van der Waals surface area (Å²) in [5.74, 6) is 1.32. The molecule has 112 valence electrons. The lowest BCUT2D eigenvalue weighted by molar-refractivity contribution is 0.0916. The van der Waals surface area contributed by atoms with E-state index in [2.05, 4.69) is 0 Å². The van der Waals surface area contributed by atoms with Gasteiger partial charge in [0.1, 0.15) is 5.75 Å². The van der Waals surface area contributed by atoms with Crippen LogP contribution in [0, 0.1) is 5.92 Å². The summed E-state index contributed by atoms with van der Waals surface area (Å²) in [6.45, 7) is 1.15. The van der Waals surface area contributed by atoms with Crippen LogP contribution < -0.4 is 10.5 Å². The highest BCUT2D eigenvalue weighted by Crippen LogP contribution is 2.26. The fraction of sp³-hybridized carbons (Fsp3) is 0.625. The number of nitrogens with two attached hydrogens (primary N) is 1. The Bertz CT molecular complexity index is 402. The molecule has 4 heteroatoms. The summed E-state index contributed by atoms with van der Waals surface area (Å²) in [6.07, 6.45) is 3.72. The maximum absolute atomic E-state index is 9.93. The van der Waals surface area contributed by atoms with Gasteiger partial charge in [-0.05, 0) is 62.3 Å². The lowest BCUT2D eigenvalue weighted by Crippen LogP contribution is -2.22. The molecular formula is C16H25NO3. The smallest absolute Gasteiger partial charge is 0.119 e. The summed E-state index contributed by atoms with van der Waals surface area (Å²) < 4.78 is 5.83. The zero-order valence-electron chi connectivity index (χ0n) is 11.9. The highest BCUT2D eigenvalue weighted by atomic mass is 16.5. The third kappa shape index (κ3) is 4.47. The van der Waals surface area contributed by atoms with Crippen LogP contribution in [0.15, 0.2) is 24.3 Å². The molecule has 4 N–H and O–H groups in total. The van der Waals surface area contributed by atoms with Gasteiger partial charge in [0.05, 0.1) is 18.8 Å². The lowest BCUT2D eigenvalue weighted by Gasteiger charge is -2.25. The Kier molecular flexibility index (Phi) is 5.83. The largest absolute Gasteiger partial charge is 0.493 e. The molecule has 0 heterocycles. The normalized spacial score (nSPS) is 24.4. The number of aliphatic hydroxyl groups is 2. The molecule has 1 saturated carbocycles. The Morgan fingerprint density at radius 1 is 1.25 bits per heavy atom. The molecule has 1 fully saturated rings. The van der Waals surface area contributed by atoms with Crippen LogP contribution in [0.2, 0.25) is 0 Å². The molecule has 0 saturated heterocycles. The summed E-state index contributed by atoms with van der Waals surface area (Å²) >= 11 is 0. The second-order valence-corrected chi connectivity index (χ2v) is 5.65. The van der Waals surface area contributed by atoms with Crippen molar-refractivity contribution in [2.24, 2.45) is 11.7 Å². The molecule has 1 aromatic carbocycles. The molecule has 1 aliphatic carbocycles. The summed E-state index contributed by atoms with van der Waals surface area (Å²) in [4.78, 5) is 0. The molecular weight excluding hydrogens is 254 g/mol. The van der Waals surface area contributed by atoms with Gasteiger partial charge in [0.15, 0.2) is 0 Å². The molecule has 4 nitrogen and oxygen atoms in total. The van der Waals surface area contributed by atoms with Crippen LogP contribution >= 0.6 is 0 Å². The van der Waals surface area contributed by atoms with Crippen molar-refractivity contribution >= 4 is 0 Å². The van der Waals surface area contributed by atoms with Crippen molar-refractivity contribution < 1.29 is 14.9 Å². The maximum Gasteiger partial charge on any atom is 0.119 e. The quantitative estimate of drug-likeness (QED) is 0.744. The van der Waals surface area contributed by atoms with Gasteiger partial charge < -0.3 is 20.7 Å². The Morgan fingerprint density at radius 3 is 2.70 bits per heavy atom. The molecule has 1 aromatic rings. The number of rotatable bonds is 6. The van der Waals surface area contributed by atoms with E-state index in [1.165, 1.54) is 0 Å². The second kappa shape index (κ2) is 7.62. The first-order chi connectivity index (χ1) is 9.69. The van der Waals surface area contributed by atoms with Crippen LogP contribution in [-0.2, 0) is 0 Å². The van der Waals surface area contributed by atoms with Gasteiger partial charge in [-0.25, -0.2) is 0 Å². The molecule has 2 rings (SSSR count). The third-order valence-electron chi connectivity index (χ3n) is 3.98. The highest BCUT2D eigenvalue weighted by Gasteiger charge is 2.19. The maximum atomic E-state index is 9.93. The van der Waals surface area contributed by atoms with E-state index in [0.29, 0.717) is 25.5 Å². The topological polar surface area (TPSA) is 75.7 Å². The van der Waals surface area contributed by atoms with Crippen molar-refractivity contribution in [1.29, 1.82) is 0 Å². The first-order valence-corrected chi connectivity index (χ1v) is 7.48. The Balaban J connectivity index is 1.85. The first kappa shape index (κ1) is 15.3. The molecule has 1 aliphatic rings. The van der Waals surface area contributed by atoms with Crippen LogP contribution in [0.4, 0.5) is 0 Å². The van der Waals surface area contributed by atoms with Gasteiger partial charge in [0.25, 0.3) is 0 Å². The molecule has 0 bridgehead atoms. The summed E-state index contributed by atoms with van der Waals surface area (Å²) in [5, 5.41) is 19.4. The van der Waals surface area contributed by atoms with E-state index >= 15 is 0 Å². The monoisotopic (exact) mass is 279 g/mol. The summed E-state index contributed by atoms with van der Waals surface area (Å²) in [7, 11) is 0. The number of hydrogen-bond acceptors (Lipinski definition) is 4. The average molecular weight is 279 g/mol. The van der Waals surface area contributed by atoms with Crippen LogP contribution in [0.25, 0.3) is 0 Å². The average Bonchev–Trinajstić information content (AvgIpc) is 2.47. The molecule has 0 aromatic heterocycles. The third-order valence-corrected chi connectivity index (χ3v) is 3.98. The Labute approximate surface area is 120 Å². The minimum Gasteiger partial charge on any atom is -0.493 e. The standard InChI is InChI=1S/C16H25NO3/c17-9-8-16(19)13-2-1-3-15(10-13)20-11-12-4-6-14(18)7-5-12/h1-3,10,12,14,16,18-19H,4-9,11,17H2. The van der Waals surface area contributed by atoms with Crippen LogP contribution in [-0.4, -0.2) is 29.5 Å². The van der Waals surface area contributed by atoms with Crippen molar-refractivity contribution in [3.05, 3.63) is 29.8 Å². The van der Waals surface area contributed by atoms with Crippen molar-refractivity contribution in [1.82, 2.24) is 0 Å². The molecule has 1 atom stereocenters. The minimum absolute atomic E-state index is 0.124. The van der Waals surface area contributed by atoms with Crippen LogP contribution in [0.3, 0.4) is 0 Å².